The van der Waals surface area contributed by atoms with Gasteiger partial charge in [-0.2, -0.15) is 4.98 Å². The normalized spacial score (nSPS) is 14.7. The van der Waals surface area contributed by atoms with Gasteiger partial charge in [0.1, 0.15) is 5.75 Å². The maximum absolute atomic E-state index is 9.90. The van der Waals surface area contributed by atoms with Gasteiger partial charge in [0, 0.05) is 16.2 Å². The number of fused-ring (bicyclic) bond motifs is 1. The van der Waals surface area contributed by atoms with Gasteiger partial charge in [0.25, 0.3) is 0 Å². The van der Waals surface area contributed by atoms with E-state index in [1.54, 1.807) is 17.8 Å². The fourth-order valence-corrected chi connectivity index (χ4v) is 3.25. The predicted octanol–water partition coefficient (Wildman–Crippen LogP) is 4.10. The van der Waals surface area contributed by atoms with Crippen molar-refractivity contribution in [1.29, 1.82) is 0 Å². The van der Waals surface area contributed by atoms with E-state index in [9.17, 15) is 5.11 Å². The molecule has 0 atom stereocenters. The van der Waals surface area contributed by atoms with Crippen LogP contribution in [0.3, 0.4) is 0 Å². The number of aromatic nitrogens is 2. The highest BCUT2D eigenvalue weighted by Gasteiger charge is 2.28. The summed E-state index contributed by atoms with van der Waals surface area (Å²) in [6.45, 7) is 0. The first-order valence-electron chi connectivity index (χ1n) is 6.97. The number of phenols is 1. The first kappa shape index (κ1) is 12.7. The fourth-order valence-electron chi connectivity index (χ4n) is 2.35. The van der Waals surface area contributed by atoms with Crippen LogP contribution in [0.1, 0.15) is 30.5 Å². The Kier molecular flexibility index (Phi) is 3.07. The van der Waals surface area contributed by atoms with Gasteiger partial charge in [0.15, 0.2) is 5.82 Å². The molecule has 0 bridgehead atoms. The van der Waals surface area contributed by atoms with Gasteiger partial charge >= 0.3 is 0 Å². The van der Waals surface area contributed by atoms with Crippen molar-refractivity contribution in [3.05, 3.63) is 48.1 Å². The van der Waals surface area contributed by atoms with E-state index in [0.717, 1.165) is 21.5 Å². The molecular weight excluding hydrogens is 284 g/mol. The van der Waals surface area contributed by atoms with Gasteiger partial charge in [-0.05, 0) is 30.4 Å². The second-order valence-corrected chi connectivity index (χ2v) is 6.25. The SMILES string of the molecule is Oc1ccc(SCc2nc(C3CC3)no2)c2ccccc12. The topological polar surface area (TPSA) is 59.2 Å². The zero-order chi connectivity index (χ0) is 14.2. The lowest BCUT2D eigenvalue weighted by molar-refractivity contribution is 0.385. The van der Waals surface area contributed by atoms with E-state index in [0.29, 0.717) is 23.3 Å². The van der Waals surface area contributed by atoms with Gasteiger partial charge in [0.05, 0.1) is 5.75 Å². The van der Waals surface area contributed by atoms with Gasteiger partial charge in [-0.15, -0.1) is 11.8 Å². The Morgan fingerprint density at radius 3 is 2.76 bits per heavy atom. The van der Waals surface area contributed by atoms with Crippen molar-refractivity contribution in [2.24, 2.45) is 0 Å². The third kappa shape index (κ3) is 2.49. The van der Waals surface area contributed by atoms with Crippen LogP contribution in [0, 0.1) is 0 Å². The van der Waals surface area contributed by atoms with Crippen LogP contribution in [0.25, 0.3) is 10.8 Å². The van der Waals surface area contributed by atoms with E-state index in [1.165, 1.54) is 12.8 Å². The van der Waals surface area contributed by atoms with Gasteiger partial charge in [-0.3, -0.25) is 0 Å². The quantitative estimate of drug-likeness (QED) is 0.735. The third-order valence-corrected chi connectivity index (χ3v) is 4.70. The summed E-state index contributed by atoms with van der Waals surface area (Å²) in [6.07, 6.45) is 2.35. The molecule has 1 heterocycles. The highest BCUT2D eigenvalue weighted by Crippen LogP contribution is 2.39. The van der Waals surface area contributed by atoms with Crippen LogP contribution in [-0.2, 0) is 5.75 Å². The summed E-state index contributed by atoms with van der Waals surface area (Å²) in [5, 5.41) is 15.8. The fraction of sp³-hybridized carbons (Fsp3) is 0.250. The van der Waals surface area contributed by atoms with Crippen molar-refractivity contribution in [3.8, 4) is 5.75 Å². The maximum atomic E-state index is 9.90. The summed E-state index contributed by atoms with van der Waals surface area (Å²) in [6, 6.07) is 11.5. The number of benzene rings is 2. The molecule has 4 rings (SSSR count). The molecule has 1 saturated carbocycles. The Balaban J connectivity index is 1.57. The standard InChI is InChI=1S/C16H14N2O2S/c19-13-7-8-14(12-4-2-1-3-11(12)13)21-9-15-17-16(18-20-15)10-5-6-10/h1-4,7-8,10,19H,5-6,9H2. The summed E-state index contributed by atoms with van der Waals surface area (Å²) in [5.74, 6) is 2.99. The Morgan fingerprint density at radius 2 is 1.95 bits per heavy atom. The number of hydrogen-bond acceptors (Lipinski definition) is 5. The lowest BCUT2D eigenvalue weighted by Crippen LogP contribution is -1.85. The molecule has 1 aromatic heterocycles. The lowest BCUT2D eigenvalue weighted by atomic mass is 10.1. The van der Waals surface area contributed by atoms with Crippen molar-refractivity contribution < 1.29 is 9.63 Å². The Bertz CT molecular complexity index is 796. The van der Waals surface area contributed by atoms with Crippen LogP contribution in [0.15, 0.2) is 45.8 Å². The van der Waals surface area contributed by atoms with E-state index in [4.69, 9.17) is 4.52 Å². The second-order valence-electron chi connectivity index (χ2n) is 5.24. The molecule has 106 valence electrons. The van der Waals surface area contributed by atoms with E-state index in [2.05, 4.69) is 10.1 Å². The summed E-state index contributed by atoms with van der Waals surface area (Å²) < 4.78 is 5.29. The summed E-state index contributed by atoms with van der Waals surface area (Å²) >= 11 is 1.65. The number of thioether (sulfide) groups is 1. The molecule has 0 saturated heterocycles. The number of hydrogen-bond donors (Lipinski definition) is 1. The third-order valence-electron chi connectivity index (χ3n) is 3.64. The van der Waals surface area contributed by atoms with E-state index >= 15 is 0 Å². The maximum Gasteiger partial charge on any atom is 0.237 e. The smallest absolute Gasteiger partial charge is 0.237 e. The molecular formula is C16H14N2O2S. The molecule has 1 aliphatic rings. The van der Waals surface area contributed by atoms with Crippen LogP contribution < -0.4 is 0 Å². The highest BCUT2D eigenvalue weighted by molar-refractivity contribution is 7.98. The molecule has 0 aliphatic heterocycles. The molecule has 2 aromatic carbocycles. The average Bonchev–Trinajstić information content (AvgIpc) is 3.26. The minimum Gasteiger partial charge on any atom is -0.507 e. The van der Waals surface area contributed by atoms with Gasteiger partial charge in [-0.25, -0.2) is 0 Å². The number of nitrogens with zero attached hydrogens (tertiary/aromatic N) is 2. The molecule has 5 heteroatoms. The lowest BCUT2D eigenvalue weighted by Gasteiger charge is -2.06. The second kappa shape index (κ2) is 5.07. The first-order valence-corrected chi connectivity index (χ1v) is 7.96. The molecule has 0 unspecified atom stereocenters. The van der Waals surface area contributed by atoms with Crippen molar-refractivity contribution in [2.45, 2.75) is 29.4 Å². The zero-order valence-electron chi connectivity index (χ0n) is 11.3. The molecule has 1 N–H and O–H groups in total. The summed E-state index contributed by atoms with van der Waals surface area (Å²) in [7, 11) is 0. The summed E-state index contributed by atoms with van der Waals surface area (Å²) in [5.41, 5.74) is 0. The van der Waals surface area contributed by atoms with Crippen LogP contribution in [-0.4, -0.2) is 15.2 Å². The molecule has 4 nitrogen and oxygen atoms in total. The predicted molar refractivity (Wildman–Crippen MR) is 81.4 cm³/mol. The minimum absolute atomic E-state index is 0.309. The van der Waals surface area contributed by atoms with Crippen LogP contribution in [0.5, 0.6) is 5.75 Å². The zero-order valence-corrected chi connectivity index (χ0v) is 12.1. The number of phenolic OH excluding ortho intramolecular Hbond substituents is 1. The van der Waals surface area contributed by atoms with Crippen LogP contribution in [0.2, 0.25) is 0 Å². The van der Waals surface area contributed by atoms with Crippen LogP contribution >= 0.6 is 11.8 Å². The van der Waals surface area contributed by atoms with Crippen LogP contribution in [0.4, 0.5) is 0 Å². The van der Waals surface area contributed by atoms with Gasteiger partial charge in [-0.1, -0.05) is 29.4 Å². The van der Waals surface area contributed by atoms with Crippen molar-refractivity contribution >= 4 is 22.5 Å². The minimum atomic E-state index is 0.309. The van der Waals surface area contributed by atoms with Crippen molar-refractivity contribution in [1.82, 2.24) is 10.1 Å². The largest absolute Gasteiger partial charge is 0.507 e. The molecule has 21 heavy (non-hydrogen) atoms. The Morgan fingerprint density at radius 1 is 1.14 bits per heavy atom. The van der Waals surface area contributed by atoms with E-state index in [-0.39, 0.29) is 0 Å². The molecule has 1 fully saturated rings. The molecule has 1 aliphatic carbocycles. The summed E-state index contributed by atoms with van der Waals surface area (Å²) in [4.78, 5) is 5.54. The molecule has 3 aromatic rings. The van der Waals surface area contributed by atoms with Crippen molar-refractivity contribution in [3.63, 3.8) is 0 Å². The Hall–Kier alpha value is -2.01. The number of aromatic hydroxyl groups is 1. The van der Waals surface area contributed by atoms with Crippen molar-refractivity contribution in [2.75, 3.05) is 0 Å². The van der Waals surface area contributed by atoms with Gasteiger partial charge < -0.3 is 9.63 Å². The average molecular weight is 298 g/mol. The van der Waals surface area contributed by atoms with Gasteiger partial charge in [0.2, 0.25) is 5.89 Å². The van der Waals surface area contributed by atoms with E-state index in [1.807, 2.05) is 30.3 Å². The van der Waals surface area contributed by atoms with E-state index < -0.39 is 0 Å². The highest BCUT2D eigenvalue weighted by atomic mass is 32.2. The molecule has 0 spiro atoms. The number of rotatable bonds is 4. The molecule has 0 amide bonds. The Labute approximate surface area is 126 Å². The first-order chi connectivity index (χ1) is 10.3. The molecule has 0 radical (unpaired) electrons. The monoisotopic (exact) mass is 298 g/mol.